The lowest BCUT2D eigenvalue weighted by molar-refractivity contribution is -0.131. The molecule has 122 valence electrons. The average Bonchev–Trinajstić information content (AvgIpc) is 2.57. The predicted octanol–water partition coefficient (Wildman–Crippen LogP) is 2.02. The van der Waals surface area contributed by atoms with Crippen LogP contribution in [0, 0.1) is 0 Å². The second-order valence-corrected chi connectivity index (χ2v) is 6.06. The van der Waals surface area contributed by atoms with Crippen molar-refractivity contribution in [3.63, 3.8) is 0 Å². The molecule has 0 aliphatic carbocycles. The van der Waals surface area contributed by atoms with Gasteiger partial charge in [-0.1, -0.05) is 30.3 Å². The van der Waals surface area contributed by atoms with Crippen LogP contribution in [0.3, 0.4) is 0 Å². The molecule has 1 aromatic carbocycles. The van der Waals surface area contributed by atoms with E-state index >= 15 is 0 Å². The molecule has 0 aromatic heterocycles. The van der Waals surface area contributed by atoms with Gasteiger partial charge in [0.05, 0.1) is 5.41 Å². The first-order valence-corrected chi connectivity index (χ1v) is 7.96. The van der Waals surface area contributed by atoms with Crippen molar-refractivity contribution in [2.24, 2.45) is 0 Å². The van der Waals surface area contributed by atoms with E-state index in [4.69, 9.17) is 4.74 Å². The van der Waals surface area contributed by atoms with E-state index in [0.717, 1.165) is 44.3 Å². The fourth-order valence-corrected chi connectivity index (χ4v) is 3.41. The SMILES string of the molecule is Cl.O=C(NC1CCNCC1)C1(c2ccccc2)CCOCC1. The summed E-state index contributed by atoms with van der Waals surface area (Å²) in [6, 6.07) is 10.5. The van der Waals surface area contributed by atoms with Gasteiger partial charge in [-0.3, -0.25) is 4.79 Å². The molecule has 3 rings (SSSR count). The van der Waals surface area contributed by atoms with Crippen LogP contribution in [-0.2, 0) is 14.9 Å². The number of piperidine rings is 1. The lowest BCUT2D eigenvalue weighted by Crippen LogP contribution is -2.52. The molecule has 0 saturated carbocycles. The predicted molar refractivity (Wildman–Crippen MR) is 89.5 cm³/mol. The molecule has 2 aliphatic rings. The highest BCUT2D eigenvalue weighted by Gasteiger charge is 2.42. The topological polar surface area (TPSA) is 50.4 Å². The van der Waals surface area contributed by atoms with Gasteiger partial charge >= 0.3 is 0 Å². The third-order valence-electron chi connectivity index (χ3n) is 4.78. The summed E-state index contributed by atoms with van der Waals surface area (Å²) in [5, 5.41) is 6.63. The maximum atomic E-state index is 13.0. The standard InChI is InChI=1S/C17H24N2O2.ClH/c20-16(19-15-6-10-18-11-7-15)17(8-12-21-13-9-17)14-4-2-1-3-5-14;/h1-5,15,18H,6-13H2,(H,19,20);1H. The van der Waals surface area contributed by atoms with Crippen LogP contribution in [-0.4, -0.2) is 38.3 Å². The summed E-state index contributed by atoms with van der Waals surface area (Å²) in [5.41, 5.74) is 0.712. The Labute approximate surface area is 138 Å². The van der Waals surface area contributed by atoms with Crippen molar-refractivity contribution in [3.8, 4) is 0 Å². The Bertz CT molecular complexity index is 469. The lowest BCUT2D eigenvalue weighted by atomic mass is 9.73. The summed E-state index contributed by atoms with van der Waals surface area (Å²) in [4.78, 5) is 13.0. The van der Waals surface area contributed by atoms with E-state index in [1.54, 1.807) is 0 Å². The first-order chi connectivity index (χ1) is 10.3. The summed E-state index contributed by atoms with van der Waals surface area (Å²) in [5.74, 6) is 0.184. The molecule has 0 spiro atoms. The first-order valence-electron chi connectivity index (χ1n) is 7.96. The molecule has 0 radical (unpaired) electrons. The first kappa shape index (κ1) is 17.3. The van der Waals surface area contributed by atoms with Crippen LogP contribution in [0.5, 0.6) is 0 Å². The van der Waals surface area contributed by atoms with Crippen LogP contribution < -0.4 is 10.6 Å². The van der Waals surface area contributed by atoms with Crippen molar-refractivity contribution < 1.29 is 9.53 Å². The van der Waals surface area contributed by atoms with Crippen LogP contribution >= 0.6 is 12.4 Å². The minimum atomic E-state index is -0.412. The van der Waals surface area contributed by atoms with Gasteiger partial charge in [0.15, 0.2) is 0 Å². The fraction of sp³-hybridized carbons (Fsp3) is 0.588. The minimum Gasteiger partial charge on any atom is -0.381 e. The molecule has 5 heteroatoms. The fourth-order valence-electron chi connectivity index (χ4n) is 3.41. The monoisotopic (exact) mass is 324 g/mol. The van der Waals surface area contributed by atoms with E-state index in [-0.39, 0.29) is 18.3 Å². The van der Waals surface area contributed by atoms with Crippen LogP contribution in [0.2, 0.25) is 0 Å². The van der Waals surface area contributed by atoms with E-state index < -0.39 is 5.41 Å². The Morgan fingerprint density at radius 2 is 1.77 bits per heavy atom. The van der Waals surface area contributed by atoms with E-state index in [2.05, 4.69) is 22.8 Å². The molecule has 22 heavy (non-hydrogen) atoms. The van der Waals surface area contributed by atoms with Gasteiger partial charge in [-0.05, 0) is 44.3 Å². The van der Waals surface area contributed by atoms with Crippen LogP contribution in [0.1, 0.15) is 31.2 Å². The third-order valence-corrected chi connectivity index (χ3v) is 4.78. The van der Waals surface area contributed by atoms with Gasteiger partial charge in [-0.15, -0.1) is 12.4 Å². The molecule has 4 nitrogen and oxygen atoms in total. The molecular formula is C17H25ClN2O2. The van der Waals surface area contributed by atoms with Gasteiger partial charge in [-0.25, -0.2) is 0 Å². The quantitative estimate of drug-likeness (QED) is 0.894. The Kier molecular flexibility index (Phi) is 6.24. The van der Waals surface area contributed by atoms with Gasteiger partial charge < -0.3 is 15.4 Å². The Morgan fingerprint density at radius 3 is 2.41 bits per heavy atom. The highest BCUT2D eigenvalue weighted by Crippen LogP contribution is 2.35. The molecule has 0 unspecified atom stereocenters. The number of hydrogen-bond donors (Lipinski definition) is 2. The van der Waals surface area contributed by atoms with Crippen molar-refractivity contribution >= 4 is 18.3 Å². The number of carbonyl (C=O) groups is 1. The normalized spacial score (nSPS) is 21.6. The number of carbonyl (C=O) groups excluding carboxylic acids is 1. The third kappa shape index (κ3) is 3.62. The van der Waals surface area contributed by atoms with Crippen molar-refractivity contribution in [1.29, 1.82) is 0 Å². The highest BCUT2D eigenvalue weighted by atomic mass is 35.5. The Morgan fingerprint density at radius 1 is 1.14 bits per heavy atom. The Hall–Kier alpha value is -1.10. The maximum absolute atomic E-state index is 13.0. The van der Waals surface area contributed by atoms with Crippen molar-refractivity contribution in [1.82, 2.24) is 10.6 Å². The largest absolute Gasteiger partial charge is 0.381 e. The van der Waals surface area contributed by atoms with Crippen molar-refractivity contribution in [3.05, 3.63) is 35.9 Å². The van der Waals surface area contributed by atoms with E-state index in [0.29, 0.717) is 19.3 Å². The zero-order chi connectivity index (χ0) is 14.5. The lowest BCUT2D eigenvalue weighted by Gasteiger charge is -2.38. The molecule has 2 N–H and O–H groups in total. The van der Waals surface area contributed by atoms with Crippen LogP contribution in [0.4, 0.5) is 0 Å². The molecular weight excluding hydrogens is 300 g/mol. The number of benzene rings is 1. The summed E-state index contributed by atoms with van der Waals surface area (Å²) in [6.45, 7) is 3.31. The molecule has 2 heterocycles. The van der Waals surface area contributed by atoms with Gasteiger partial charge in [0.1, 0.15) is 0 Å². The minimum absolute atomic E-state index is 0. The number of amides is 1. The van der Waals surface area contributed by atoms with Crippen molar-refractivity contribution in [2.45, 2.75) is 37.1 Å². The highest BCUT2D eigenvalue weighted by molar-refractivity contribution is 5.88. The van der Waals surface area contributed by atoms with Gasteiger partial charge in [0, 0.05) is 19.3 Å². The summed E-state index contributed by atoms with van der Waals surface area (Å²) in [7, 11) is 0. The molecule has 0 atom stereocenters. The van der Waals surface area contributed by atoms with E-state index in [9.17, 15) is 4.79 Å². The number of ether oxygens (including phenoxy) is 1. The van der Waals surface area contributed by atoms with Crippen LogP contribution in [0.25, 0.3) is 0 Å². The van der Waals surface area contributed by atoms with Gasteiger partial charge in [-0.2, -0.15) is 0 Å². The second kappa shape index (κ2) is 7.95. The molecule has 0 bridgehead atoms. The second-order valence-electron chi connectivity index (χ2n) is 6.06. The van der Waals surface area contributed by atoms with E-state index in [1.807, 2.05) is 18.2 Å². The number of halogens is 1. The summed E-state index contributed by atoms with van der Waals surface area (Å²) < 4.78 is 5.50. The van der Waals surface area contributed by atoms with Gasteiger partial charge in [0.25, 0.3) is 0 Å². The van der Waals surface area contributed by atoms with Gasteiger partial charge in [0.2, 0.25) is 5.91 Å². The molecule has 1 amide bonds. The summed E-state index contributed by atoms with van der Waals surface area (Å²) in [6.07, 6.45) is 3.59. The molecule has 2 fully saturated rings. The van der Waals surface area contributed by atoms with Crippen molar-refractivity contribution in [2.75, 3.05) is 26.3 Å². The zero-order valence-electron chi connectivity index (χ0n) is 12.8. The zero-order valence-corrected chi connectivity index (χ0v) is 13.7. The maximum Gasteiger partial charge on any atom is 0.231 e. The Balaban J connectivity index is 0.00000176. The molecule has 2 aliphatic heterocycles. The van der Waals surface area contributed by atoms with Crippen LogP contribution in [0.15, 0.2) is 30.3 Å². The smallest absolute Gasteiger partial charge is 0.231 e. The number of hydrogen-bond acceptors (Lipinski definition) is 3. The molecule has 1 aromatic rings. The van der Waals surface area contributed by atoms with E-state index in [1.165, 1.54) is 0 Å². The summed E-state index contributed by atoms with van der Waals surface area (Å²) >= 11 is 0. The number of nitrogens with one attached hydrogen (secondary N) is 2. The number of rotatable bonds is 3. The average molecular weight is 325 g/mol. The molecule has 2 saturated heterocycles.